The van der Waals surface area contributed by atoms with Gasteiger partial charge in [0, 0.05) is 21.1 Å². The van der Waals surface area contributed by atoms with Crippen LogP contribution in [0.25, 0.3) is 10.8 Å². The van der Waals surface area contributed by atoms with Crippen LogP contribution in [-0.4, -0.2) is 25.8 Å². The molecule has 0 aliphatic rings. The van der Waals surface area contributed by atoms with Crippen molar-refractivity contribution in [1.29, 1.82) is 0 Å². The van der Waals surface area contributed by atoms with Crippen molar-refractivity contribution in [2.45, 2.75) is 0 Å². The zero-order valence-electron chi connectivity index (χ0n) is 14.5. The third-order valence-electron chi connectivity index (χ3n) is 3.86. The van der Waals surface area contributed by atoms with Crippen molar-refractivity contribution in [3.8, 4) is 5.75 Å². The highest BCUT2D eigenvalue weighted by Gasteiger charge is 2.08. The number of carbonyl (C=O) groups excluding carboxylic acids is 1. The third-order valence-corrected chi connectivity index (χ3v) is 4.91. The predicted octanol–water partition coefficient (Wildman–Crippen LogP) is 4.94. The first-order chi connectivity index (χ1) is 13.1. The molecule has 3 aromatic rings. The number of nitrogens with zero attached hydrogens (tertiary/aromatic N) is 1. The van der Waals surface area contributed by atoms with Crippen LogP contribution in [0.2, 0.25) is 0 Å². The molecule has 0 spiro atoms. The molecular formula is C20H17Br2N3O2. The highest BCUT2D eigenvalue weighted by Crippen LogP contribution is 2.31. The first kappa shape index (κ1) is 19.4. The van der Waals surface area contributed by atoms with Crippen LogP contribution in [-0.2, 0) is 4.79 Å². The number of hydrazone groups is 1. The number of anilines is 1. The van der Waals surface area contributed by atoms with Crippen LogP contribution < -0.4 is 15.5 Å². The van der Waals surface area contributed by atoms with E-state index in [0.717, 1.165) is 31.0 Å². The highest BCUT2D eigenvalue weighted by molar-refractivity contribution is 9.11. The van der Waals surface area contributed by atoms with Gasteiger partial charge in [-0.15, -0.1) is 0 Å². The van der Waals surface area contributed by atoms with E-state index in [9.17, 15) is 4.79 Å². The zero-order valence-corrected chi connectivity index (χ0v) is 17.7. The van der Waals surface area contributed by atoms with Crippen LogP contribution in [0.4, 0.5) is 5.69 Å². The molecule has 0 aliphatic heterocycles. The lowest BCUT2D eigenvalue weighted by Crippen LogP contribution is -2.26. The van der Waals surface area contributed by atoms with Gasteiger partial charge in [-0.05, 0) is 39.5 Å². The number of methoxy groups -OCH3 is 1. The van der Waals surface area contributed by atoms with Crippen molar-refractivity contribution < 1.29 is 9.53 Å². The zero-order chi connectivity index (χ0) is 19.2. The molecule has 138 valence electrons. The summed E-state index contributed by atoms with van der Waals surface area (Å²) in [6, 6.07) is 17.7. The monoisotopic (exact) mass is 489 g/mol. The Kier molecular flexibility index (Phi) is 6.47. The molecule has 0 saturated carbocycles. The molecule has 0 atom stereocenters. The summed E-state index contributed by atoms with van der Waals surface area (Å²) in [5.74, 6) is 0.400. The van der Waals surface area contributed by atoms with Gasteiger partial charge in [-0.2, -0.15) is 5.10 Å². The van der Waals surface area contributed by atoms with Crippen LogP contribution in [0.15, 0.2) is 68.6 Å². The average Bonchev–Trinajstić information content (AvgIpc) is 2.66. The molecule has 5 nitrogen and oxygen atoms in total. The predicted molar refractivity (Wildman–Crippen MR) is 117 cm³/mol. The van der Waals surface area contributed by atoms with E-state index < -0.39 is 0 Å². The molecule has 0 saturated heterocycles. The first-order valence-electron chi connectivity index (χ1n) is 8.15. The van der Waals surface area contributed by atoms with Crippen LogP contribution in [0.5, 0.6) is 5.75 Å². The maximum atomic E-state index is 12.1. The van der Waals surface area contributed by atoms with Crippen LogP contribution in [0.1, 0.15) is 5.56 Å². The van der Waals surface area contributed by atoms with E-state index in [-0.39, 0.29) is 12.5 Å². The van der Waals surface area contributed by atoms with Gasteiger partial charge in [0.25, 0.3) is 5.91 Å². The minimum absolute atomic E-state index is 0.116. The molecule has 1 amide bonds. The Morgan fingerprint density at radius 2 is 1.93 bits per heavy atom. The average molecular weight is 491 g/mol. The van der Waals surface area contributed by atoms with Crippen molar-refractivity contribution in [3.05, 3.63) is 69.1 Å². The quantitative estimate of drug-likeness (QED) is 0.380. The molecule has 0 unspecified atom stereocenters. The smallest absolute Gasteiger partial charge is 0.259 e. The van der Waals surface area contributed by atoms with E-state index in [1.807, 2.05) is 54.6 Å². The Morgan fingerprint density at radius 3 is 2.74 bits per heavy atom. The Bertz CT molecular complexity index is 1000. The SMILES string of the molecule is COc1c(Br)cc(Br)cc1/C=N\NC(=O)CNc1cccc2ccccc12. The molecule has 0 aliphatic carbocycles. The molecule has 0 heterocycles. The number of hydrogen-bond donors (Lipinski definition) is 2. The lowest BCUT2D eigenvalue weighted by molar-refractivity contribution is -0.119. The maximum absolute atomic E-state index is 12.1. The number of amides is 1. The normalized spacial score (nSPS) is 10.9. The molecule has 0 aromatic heterocycles. The van der Waals surface area contributed by atoms with Crippen LogP contribution >= 0.6 is 31.9 Å². The number of rotatable bonds is 6. The fourth-order valence-electron chi connectivity index (χ4n) is 2.66. The number of halogens is 2. The number of fused-ring (bicyclic) bond motifs is 1. The molecule has 3 rings (SSSR count). The molecule has 7 heteroatoms. The lowest BCUT2D eigenvalue weighted by Gasteiger charge is -2.09. The maximum Gasteiger partial charge on any atom is 0.259 e. The van der Waals surface area contributed by atoms with Gasteiger partial charge < -0.3 is 10.1 Å². The van der Waals surface area contributed by atoms with Gasteiger partial charge in [-0.25, -0.2) is 5.43 Å². The van der Waals surface area contributed by atoms with E-state index in [2.05, 4.69) is 47.7 Å². The number of benzene rings is 3. The minimum Gasteiger partial charge on any atom is -0.495 e. The lowest BCUT2D eigenvalue weighted by atomic mass is 10.1. The second-order valence-corrected chi connectivity index (χ2v) is 7.45. The Labute approximate surface area is 174 Å². The fraction of sp³-hybridized carbons (Fsp3) is 0.100. The van der Waals surface area contributed by atoms with Gasteiger partial charge in [0.05, 0.1) is 24.3 Å². The summed E-state index contributed by atoms with van der Waals surface area (Å²) in [4.78, 5) is 12.1. The van der Waals surface area contributed by atoms with Crippen molar-refractivity contribution in [2.75, 3.05) is 19.0 Å². The third kappa shape index (κ3) is 4.87. The van der Waals surface area contributed by atoms with E-state index in [1.165, 1.54) is 0 Å². The number of nitrogens with one attached hydrogen (secondary N) is 2. The number of carbonyl (C=O) groups is 1. The highest BCUT2D eigenvalue weighted by atomic mass is 79.9. The summed E-state index contributed by atoms with van der Waals surface area (Å²) in [7, 11) is 1.58. The van der Waals surface area contributed by atoms with Crippen molar-refractivity contribution >= 4 is 60.4 Å². The molecule has 27 heavy (non-hydrogen) atoms. The summed E-state index contributed by atoms with van der Waals surface area (Å²) in [6.07, 6.45) is 1.55. The van der Waals surface area contributed by atoms with E-state index in [0.29, 0.717) is 5.75 Å². The summed E-state index contributed by atoms with van der Waals surface area (Å²) >= 11 is 6.86. The van der Waals surface area contributed by atoms with E-state index >= 15 is 0 Å². The molecule has 0 fully saturated rings. The number of hydrogen-bond acceptors (Lipinski definition) is 4. The number of ether oxygens (including phenoxy) is 1. The Balaban J connectivity index is 1.63. The summed E-state index contributed by atoms with van der Waals surface area (Å²) in [5.41, 5.74) is 4.17. The van der Waals surface area contributed by atoms with E-state index in [1.54, 1.807) is 13.3 Å². The molecular weight excluding hydrogens is 474 g/mol. The van der Waals surface area contributed by atoms with Gasteiger partial charge in [-0.3, -0.25) is 4.79 Å². The second kappa shape index (κ2) is 9.01. The topological polar surface area (TPSA) is 62.7 Å². The summed E-state index contributed by atoms with van der Waals surface area (Å²) in [6.45, 7) is 0.116. The second-order valence-electron chi connectivity index (χ2n) is 5.68. The molecule has 3 aromatic carbocycles. The van der Waals surface area contributed by atoms with Gasteiger partial charge in [-0.1, -0.05) is 52.3 Å². The van der Waals surface area contributed by atoms with Crippen LogP contribution in [0.3, 0.4) is 0 Å². The van der Waals surface area contributed by atoms with Gasteiger partial charge in [0.15, 0.2) is 0 Å². The summed E-state index contributed by atoms with van der Waals surface area (Å²) < 4.78 is 7.02. The van der Waals surface area contributed by atoms with Crippen molar-refractivity contribution in [3.63, 3.8) is 0 Å². The van der Waals surface area contributed by atoms with Crippen molar-refractivity contribution in [2.24, 2.45) is 5.10 Å². The Hall–Kier alpha value is -2.38. The van der Waals surface area contributed by atoms with E-state index in [4.69, 9.17) is 4.74 Å². The van der Waals surface area contributed by atoms with Crippen molar-refractivity contribution in [1.82, 2.24) is 5.43 Å². The fourth-order valence-corrected chi connectivity index (χ4v) is 4.08. The Morgan fingerprint density at radius 1 is 1.15 bits per heavy atom. The van der Waals surface area contributed by atoms with Gasteiger partial charge in [0.2, 0.25) is 0 Å². The van der Waals surface area contributed by atoms with Gasteiger partial charge >= 0.3 is 0 Å². The van der Waals surface area contributed by atoms with Gasteiger partial charge in [0.1, 0.15) is 5.75 Å². The molecule has 0 bridgehead atoms. The van der Waals surface area contributed by atoms with Crippen LogP contribution in [0, 0.1) is 0 Å². The standard InChI is InChI=1S/C20H17Br2N3O2/c1-27-20-14(9-15(21)10-17(20)22)11-24-25-19(26)12-23-18-8-4-6-13-5-2-3-7-16(13)18/h2-11,23H,12H2,1H3,(H,25,26)/b24-11-. The first-order valence-corrected chi connectivity index (χ1v) is 9.73. The summed E-state index contributed by atoms with van der Waals surface area (Å²) in [5, 5.41) is 9.36. The molecule has 0 radical (unpaired) electrons. The molecule has 2 N–H and O–H groups in total. The minimum atomic E-state index is -0.243. The largest absolute Gasteiger partial charge is 0.495 e.